The molecule has 0 heterocycles. The van der Waals surface area contributed by atoms with Crippen LogP contribution in [0.1, 0.15) is 19.8 Å². The van der Waals surface area contributed by atoms with Crippen molar-refractivity contribution in [2.75, 3.05) is 6.54 Å². The Hall–Kier alpha value is 0.0800. The molecule has 1 N–H and O–H groups in total. The van der Waals surface area contributed by atoms with Crippen LogP contribution in [-0.2, 0) is 4.79 Å². The van der Waals surface area contributed by atoms with Crippen LogP contribution in [-0.4, -0.2) is 12.5 Å². The van der Waals surface area contributed by atoms with Crippen molar-refractivity contribution in [3.63, 3.8) is 0 Å². The zero-order valence-corrected chi connectivity index (χ0v) is 8.93. The summed E-state index contributed by atoms with van der Waals surface area (Å²) in [5.41, 5.74) is 0. The van der Waals surface area contributed by atoms with Crippen LogP contribution in [0.2, 0.25) is 0 Å². The summed E-state index contributed by atoms with van der Waals surface area (Å²) in [5, 5.41) is 2.41. The van der Waals surface area contributed by atoms with Crippen LogP contribution in [0, 0.1) is 0 Å². The molecule has 0 aliphatic carbocycles. The van der Waals surface area contributed by atoms with Gasteiger partial charge in [-0.15, -0.1) is 0 Å². The largest absolute Gasteiger partial charge is 0.351 e. The summed E-state index contributed by atoms with van der Waals surface area (Å²) in [5.74, 6) is -0.426. The van der Waals surface area contributed by atoms with Crippen LogP contribution >= 0.6 is 34.8 Å². The second-order valence-corrected chi connectivity index (χ2v) is 3.51. The van der Waals surface area contributed by atoms with Crippen molar-refractivity contribution >= 4 is 40.7 Å². The van der Waals surface area contributed by atoms with Gasteiger partial charge in [0.25, 0.3) is 5.91 Å². The molecule has 0 bridgehead atoms. The van der Waals surface area contributed by atoms with Crippen molar-refractivity contribution in [3.8, 4) is 0 Å². The minimum absolute atomic E-state index is 0.158. The molecule has 0 aliphatic heterocycles. The van der Waals surface area contributed by atoms with E-state index in [4.69, 9.17) is 34.8 Å². The number of hydrogen-bond acceptors (Lipinski definition) is 1. The quantitative estimate of drug-likeness (QED) is 0.584. The number of rotatable bonds is 4. The lowest BCUT2D eigenvalue weighted by Gasteiger charge is -2.01. The Morgan fingerprint density at radius 1 is 1.33 bits per heavy atom. The normalized spacial score (nSPS) is 9.33. The number of carbonyl (C=O) groups is 1. The van der Waals surface area contributed by atoms with E-state index in [2.05, 4.69) is 5.32 Å². The van der Waals surface area contributed by atoms with E-state index >= 15 is 0 Å². The predicted molar refractivity (Wildman–Crippen MR) is 52.5 cm³/mol. The highest BCUT2D eigenvalue weighted by Crippen LogP contribution is 2.17. The van der Waals surface area contributed by atoms with Crippen molar-refractivity contribution in [3.05, 3.63) is 9.52 Å². The Labute approximate surface area is 86.9 Å². The molecule has 0 aromatic heterocycles. The van der Waals surface area contributed by atoms with Gasteiger partial charge in [-0.05, 0) is 6.42 Å². The zero-order chi connectivity index (χ0) is 9.56. The molecular formula is C7H10Cl3NO. The van der Waals surface area contributed by atoms with Gasteiger partial charge in [0.1, 0.15) is 9.52 Å². The summed E-state index contributed by atoms with van der Waals surface area (Å²) in [7, 11) is 0. The van der Waals surface area contributed by atoms with Crippen LogP contribution < -0.4 is 5.32 Å². The highest BCUT2D eigenvalue weighted by molar-refractivity contribution is 6.62. The van der Waals surface area contributed by atoms with Gasteiger partial charge in [-0.25, -0.2) is 0 Å². The average molecular weight is 231 g/mol. The molecule has 0 unspecified atom stereocenters. The molecule has 0 aliphatic rings. The molecule has 5 heteroatoms. The lowest BCUT2D eigenvalue weighted by atomic mass is 10.3. The molecule has 0 saturated carbocycles. The van der Waals surface area contributed by atoms with Crippen molar-refractivity contribution in [1.82, 2.24) is 5.32 Å². The Balaban J connectivity index is 3.81. The van der Waals surface area contributed by atoms with E-state index in [-0.39, 0.29) is 9.52 Å². The van der Waals surface area contributed by atoms with Gasteiger partial charge < -0.3 is 5.32 Å². The molecule has 1 amide bonds. The van der Waals surface area contributed by atoms with Crippen molar-refractivity contribution in [2.24, 2.45) is 0 Å². The third-order valence-corrected chi connectivity index (χ3v) is 2.11. The number of halogens is 3. The van der Waals surface area contributed by atoms with E-state index in [1.807, 2.05) is 6.92 Å². The van der Waals surface area contributed by atoms with Crippen LogP contribution in [0.5, 0.6) is 0 Å². The van der Waals surface area contributed by atoms with Gasteiger partial charge in [-0.1, -0.05) is 48.1 Å². The Morgan fingerprint density at radius 3 is 2.33 bits per heavy atom. The number of carbonyl (C=O) groups excluding carboxylic acids is 1. The standard InChI is InChI=1S/C7H10Cl3NO/c1-2-3-4-11-7(12)5(8)6(9)10/h2-4H2,1H3,(H,11,12). The summed E-state index contributed by atoms with van der Waals surface area (Å²) in [6.45, 7) is 2.62. The van der Waals surface area contributed by atoms with Crippen LogP contribution in [0.4, 0.5) is 0 Å². The van der Waals surface area contributed by atoms with Crippen LogP contribution in [0.3, 0.4) is 0 Å². The Morgan fingerprint density at radius 2 is 1.92 bits per heavy atom. The van der Waals surface area contributed by atoms with Crippen molar-refractivity contribution < 1.29 is 4.79 Å². The van der Waals surface area contributed by atoms with Gasteiger partial charge in [-0.2, -0.15) is 0 Å². The van der Waals surface area contributed by atoms with E-state index in [0.29, 0.717) is 6.54 Å². The second-order valence-electron chi connectivity index (χ2n) is 2.18. The van der Waals surface area contributed by atoms with Crippen molar-refractivity contribution in [2.45, 2.75) is 19.8 Å². The summed E-state index contributed by atoms with van der Waals surface area (Å²) in [6.07, 6.45) is 1.92. The Kier molecular flexibility index (Phi) is 6.62. The van der Waals surface area contributed by atoms with Gasteiger partial charge in [0, 0.05) is 6.54 Å². The minimum Gasteiger partial charge on any atom is -0.351 e. The van der Waals surface area contributed by atoms with E-state index in [1.54, 1.807) is 0 Å². The van der Waals surface area contributed by atoms with Crippen LogP contribution in [0.15, 0.2) is 9.52 Å². The van der Waals surface area contributed by atoms with E-state index < -0.39 is 5.91 Å². The number of hydrogen-bond donors (Lipinski definition) is 1. The van der Waals surface area contributed by atoms with Gasteiger partial charge >= 0.3 is 0 Å². The summed E-state index contributed by atoms with van der Waals surface area (Å²) < 4.78 is -0.203. The second kappa shape index (κ2) is 6.58. The molecule has 0 fully saturated rings. The SMILES string of the molecule is CCCCNC(=O)C(Cl)=C(Cl)Cl. The highest BCUT2D eigenvalue weighted by atomic mass is 35.5. The monoisotopic (exact) mass is 229 g/mol. The molecule has 0 rings (SSSR count). The lowest BCUT2D eigenvalue weighted by Crippen LogP contribution is -2.24. The first-order chi connectivity index (χ1) is 5.59. The van der Waals surface area contributed by atoms with Crippen LogP contribution in [0.25, 0.3) is 0 Å². The maximum atomic E-state index is 11.0. The minimum atomic E-state index is -0.426. The predicted octanol–water partition coefficient (Wildman–Crippen LogP) is 2.79. The fraction of sp³-hybridized carbons (Fsp3) is 0.571. The molecular weight excluding hydrogens is 220 g/mol. The molecule has 0 atom stereocenters. The average Bonchev–Trinajstić information content (AvgIpc) is 2.03. The maximum Gasteiger partial charge on any atom is 0.265 e. The summed E-state index contributed by atoms with van der Waals surface area (Å²) in [6, 6.07) is 0. The molecule has 12 heavy (non-hydrogen) atoms. The fourth-order valence-corrected chi connectivity index (χ4v) is 0.781. The van der Waals surface area contributed by atoms with Gasteiger partial charge in [0.2, 0.25) is 0 Å². The third-order valence-electron chi connectivity index (χ3n) is 1.18. The van der Waals surface area contributed by atoms with Gasteiger partial charge in [0.15, 0.2) is 0 Å². The summed E-state index contributed by atoms with van der Waals surface area (Å²) in [4.78, 5) is 11.0. The first-order valence-electron chi connectivity index (χ1n) is 3.58. The fourth-order valence-electron chi connectivity index (χ4n) is 0.542. The first kappa shape index (κ1) is 12.1. The topological polar surface area (TPSA) is 29.1 Å². The molecule has 0 aromatic carbocycles. The van der Waals surface area contributed by atoms with Gasteiger partial charge in [-0.3, -0.25) is 4.79 Å². The number of nitrogens with one attached hydrogen (secondary N) is 1. The molecule has 2 nitrogen and oxygen atoms in total. The lowest BCUT2D eigenvalue weighted by molar-refractivity contribution is -0.116. The molecule has 0 saturated heterocycles. The highest BCUT2D eigenvalue weighted by Gasteiger charge is 2.08. The number of unbranched alkanes of at least 4 members (excludes halogenated alkanes) is 1. The first-order valence-corrected chi connectivity index (χ1v) is 4.72. The van der Waals surface area contributed by atoms with E-state index in [1.165, 1.54) is 0 Å². The third kappa shape index (κ3) is 4.86. The Bertz CT molecular complexity index is 187. The zero-order valence-electron chi connectivity index (χ0n) is 6.66. The molecule has 0 spiro atoms. The van der Waals surface area contributed by atoms with Crippen molar-refractivity contribution in [1.29, 1.82) is 0 Å². The number of amides is 1. The van der Waals surface area contributed by atoms with Gasteiger partial charge in [0.05, 0.1) is 0 Å². The van der Waals surface area contributed by atoms with E-state index in [0.717, 1.165) is 12.8 Å². The molecule has 0 radical (unpaired) electrons. The summed E-state index contributed by atoms with van der Waals surface area (Å²) >= 11 is 16.0. The van der Waals surface area contributed by atoms with E-state index in [9.17, 15) is 4.79 Å². The smallest absolute Gasteiger partial charge is 0.265 e. The maximum absolute atomic E-state index is 11.0. The molecule has 70 valence electrons. The molecule has 0 aromatic rings.